The smallest absolute Gasteiger partial charge is 0.152 e. The average molecular weight is 572 g/mol. The largest absolute Gasteiger partial charge is 0.377 e. The van der Waals surface area contributed by atoms with Crippen LogP contribution in [0.4, 0.5) is 14.5 Å². The van der Waals surface area contributed by atoms with Gasteiger partial charge in [0.15, 0.2) is 5.78 Å². The molecule has 0 spiro atoms. The highest BCUT2D eigenvalue weighted by atomic mass is 32.2. The molecule has 212 valence electrons. The highest BCUT2D eigenvalue weighted by Crippen LogP contribution is 2.37. The fraction of sp³-hybridized carbons (Fsp3) is 0.294. The molecule has 7 heteroatoms. The fourth-order valence-corrected chi connectivity index (χ4v) is 6.12. The number of ketones is 1. The number of nitrogens with zero attached hydrogens (tertiary/aromatic N) is 2. The molecule has 1 aliphatic carbocycles. The number of hydrogen-bond acceptors (Lipinski definition) is 4. The van der Waals surface area contributed by atoms with Crippen LogP contribution in [0.3, 0.4) is 0 Å². The first-order chi connectivity index (χ1) is 20.0. The van der Waals surface area contributed by atoms with Crippen LogP contribution in [0.1, 0.15) is 49.7 Å². The van der Waals surface area contributed by atoms with Gasteiger partial charge < -0.3 is 9.88 Å². The van der Waals surface area contributed by atoms with Crippen LogP contribution < -0.4 is 5.32 Å². The third-order valence-corrected chi connectivity index (χ3v) is 8.49. The van der Waals surface area contributed by atoms with Crippen molar-refractivity contribution in [3.8, 4) is 11.1 Å². The van der Waals surface area contributed by atoms with Crippen molar-refractivity contribution in [2.45, 2.75) is 50.0 Å². The Morgan fingerprint density at radius 1 is 1.02 bits per heavy atom. The van der Waals surface area contributed by atoms with E-state index in [4.69, 9.17) is 0 Å². The van der Waals surface area contributed by atoms with Gasteiger partial charge in [-0.3, -0.25) is 4.79 Å². The van der Waals surface area contributed by atoms with Gasteiger partial charge in [0.25, 0.3) is 0 Å². The van der Waals surface area contributed by atoms with Crippen molar-refractivity contribution >= 4 is 34.9 Å². The van der Waals surface area contributed by atoms with Crippen molar-refractivity contribution in [3.63, 3.8) is 0 Å². The zero-order valence-corrected chi connectivity index (χ0v) is 24.1. The summed E-state index contributed by atoms with van der Waals surface area (Å²) >= 11 is 1.62. The van der Waals surface area contributed by atoms with Crippen LogP contribution in [0, 0.1) is 17.6 Å². The second-order valence-corrected chi connectivity index (χ2v) is 11.5. The molecule has 4 nitrogen and oxygen atoms in total. The lowest BCUT2D eigenvalue weighted by molar-refractivity contribution is -0.118. The van der Waals surface area contributed by atoms with Gasteiger partial charge in [0.2, 0.25) is 0 Å². The third kappa shape index (κ3) is 7.73. The number of thioether (sulfide) groups is 1. The van der Waals surface area contributed by atoms with E-state index in [0.717, 1.165) is 51.3 Å². The molecule has 0 atom stereocenters. The number of anilines is 1. The molecule has 1 fully saturated rings. The average Bonchev–Trinajstić information content (AvgIpc) is 3.50. The summed E-state index contributed by atoms with van der Waals surface area (Å²) in [7, 11) is 0. The lowest BCUT2D eigenvalue weighted by Gasteiger charge is -2.21. The molecular formula is C34H35F2N3OS. The van der Waals surface area contributed by atoms with Gasteiger partial charge in [-0.2, -0.15) is 0 Å². The summed E-state index contributed by atoms with van der Waals surface area (Å²) in [4.78, 5) is 18.1. The third-order valence-electron chi connectivity index (χ3n) is 7.70. The summed E-state index contributed by atoms with van der Waals surface area (Å²) in [5.41, 5.74) is 5.47. The molecule has 0 unspecified atom stereocenters. The number of halogens is 2. The molecule has 5 rings (SSSR count). The van der Waals surface area contributed by atoms with Gasteiger partial charge in [-0.25, -0.2) is 13.8 Å². The lowest BCUT2D eigenvalue weighted by atomic mass is 9.86. The van der Waals surface area contributed by atoms with Gasteiger partial charge in [0.1, 0.15) is 11.6 Å². The first kappa shape index (κ1) is 28.8. The number of hydrogen-bond donors (Lipinski definition) is 1. The predicted molar refractivity (Wildman–Crippen MR) is 165 cm³/mol. The number of rotatable bonds is 11. The normalized spacial score (nSPS) is 14.3. The fourth-order valence-electron chi connectivity index (χ4n) is 5.53. The molecule has 1 saturated carbocycles. The lowest BCUT2D eigenvalue weighted by Crippen LogP contribution is -2.19. The van der Waals surface area contributed by atoms with E-state index in [1.807, 2.05) is 17.0 Å². The van der Waals surface area contributed by atoms with Gasteiger partial charge in [-0.15, -0.1) is 11.8 Å². The molecule has 1 aromatic heterocycles. The Balaban J connectivity index is 1.51. The van der Waals surface area contributed by atoms with Crippen molar-refractivity contribution in [2.24, 2.45) is 5.92 Å². The van der Waals surface area contributed by atoms with Gasteiger partial charge in [0.05, 0.1) is 12.9 Å². The molecule has 0 saturated heterocycles. The number of nitrogens with one attached hydrogen (secondary N) is 1. The number of aromatic nitrogens is 2. The molecule has 41 heavy (non-hydrogen) atoms. The maximum Gasteiger partial charge on any atom is 0.152 e. The van der Waals surface area contributed by atoms with E-state index in [0.29, 0.717) is 18.9 Å². The highest BCUT2D eigenvalue weighted by molar-refractivity contribution is 7.98. The number of benzene rings is 3. The van der Waals surface area contributed by atoms with E-state index in [1.54, 1.807) is 48.6 Å². The zero-order chi connectivity index (χ0) is 28.6. The van der Waals surface area contributed by atoms with E-state index in [2.05, 4.69) is 28.5 Å². The Morgan fingerprint density at radius 2 is 1.73 bits per heavy atom. The van der Waals surface area contributed by atoms with E-state index in [-0.39, 0.29) is 24.0 Å². The maximum atomic E-state index is 13.8. The molecule has 0 amide bonds. The molecule has 1 heterocycles. The Kier molecular flexibility index (Phi) is 9.67. The van der Waals surface area contributed by atoms with Crippen molar-refractivity contribution in [1.82, 2.24) is 9.55 Å². The Hall–Kier alpha value is -3.71. The zero-order valence-electron chi connectivity index (χ0n) is 23.3. The quantitative estimate of drug-likeness (QED) is 0.144. The minimum Gasteiger partial charge on any atom is -0.377 e. The van der Waals surface area contributed by atoms with E-state index in [1.165, 1.54) is 43.5 Å². The molecule has 1 N–H and O–H groups in total. The number of allylic oxidation sites excluding steroid dienone is 1. The summed E-state index contributed by atoms with van der Waals surface area (Å²) < 4.78 is 29.6. The van der Waals surface area contributed by atoms with E-state index in [9.17, 15) is 13.6 Å². The SMILES string of the molecule is CSc1cc(NCC(=O)CC2CCCCC2)c(-c2ccc(F)cc2)cc1/C=C(/Cn1ccnc1)c1ccc(F)cc1. The Morgan fingerprint density at radius 3 is 2.39 bits per heavy atom. The van der Waals surface area contributed by atoms with Crippen molar-refractivity contribution in [1.29, 1.82) is 0 Å². The van der Waals surface area contributed by atoms with Crippen molar-refractivity contribution in [3.05, 3.63) is 102 Å². The van der Waals surface area contributed by atoms with Gasteiger partial charge in [0, 0.05) is 41.5 Å². The first-order valence-electron chi connectivity index (χ1n) is 14.1. The van der Waals surface area contributed by atoms with Crippen LogP contribution in [-0.4, -0.2) is 28.1 Å². The first-order valence-corrected chi connectivity index (χ1v) is 15.4. The van der Waals surface area contributed by atoms with Crippen LogP contribution in [0.15, 0.2) is 84.3 Å². The topological polar surface area (TPSA) is 46.9 Å². The second-order valence-electron chi connectivity index (χ2n) is 10.7. The summed E-state index contributed by atoms with van der Waals surface area (Å²) in [6, 6.07) is 17.1. The minimum atomic E-state index is -0.300. The summed E-state index contributed by atoms with van der Waals surface area (Å²) in [6.45, 7) is 0.816. The standard InChI is InChI=1S/C34H35F2N3OS/c1-41-34-20-33(38-21-31(40)17-24-5-3-2-4-6-24)32(26-9-13-30(36)14-10-26)19-27(34)18-28(22-39-16-15-37-23-39)25-7-11-29(35)12-8-25/h7-16,18-20,23-24,38H,2-6,17,21-22H2,1H3/b28-18-. The van der Waals surface area contributed by atoms with E-state index < -0.39 is 0 Å². The molecule has 0 bridgehead atoms. The van der Waals surface area contributed by atoms with Crippen molar-refractivity contribution < 1.29 is 13.6 Å². The number of Topliss-reactive ketones (excluding diaryl/α,β-unsaturated/α-hetero) is 1. The Labute approximate surface area is 244 Å². The monoisotopic (exact) mass is 571 g/mol. The molecule has 4 aromatic rings. The van der Waals surface area contributed by atoms with Gasteiger partial charge >= 0.3 is 0 Å². The maximum absolute atomic E-state index is 13.8. The molecule has 1 aliphatic rings. The summed E-state index contributed by atoms with van der Waals surface area (Å²) in [6.07, 6.45) is 16.1. The molecule has 0 aliphatic heterocycles. The highest BCUT2D eigenvalue weighted by Gasteiger charge is 2.18. The number of carbonyl (C=O) groups excluding carboxylic acids is 1. The van der Waals surface area contributed by atoms with Crippen LogP contribution in [0.25, 0.3) is 22.8 Å². The van der Waals surface area contributed by atoms with Crippen LogP contribution >= 0.6 is 11.8 Å². The molecule has 0 radical (unpaired) electrons. The van der Waals surface area contributed by atoms with Gasteiger partial charge in [-0.05, 0) is 76.9 Å². The van der Waals surface area contributed by atoms with Crippen LogP contribution in [-0.2, 0) is 11.3 Å². The summed E-state index contributed by atoms with van der Waals surface area (Å²) in [5.74, 6) is 0.123. The van der Waals surface area contributed by atoms with Crippen molar-refractivity contribution in [2.75, 3.05) is 18.1 Å². The van der Waals surface area contributed by atoms with Crippen LogP contribution in [0.5, 0.6) is 0 Å². The number of carbonyl (C=O) groups is 1. The number of imidazole rings is 1. The van der Waals surface area contributed by atoms with Gasteiger partial charge in [-0.1, -0.05) is 56.4 Å². The van der Waals surface area contributed by atoms with Crippen LogP contribution in [0.2, 0.25) is 0 Å². The molecular weight excluding hydrogens is 536 g/mol. The predicted octanol–water partition coefficient (Wildman–Crippen LogP) is 8.74. The minimum absolute atomic E-state index is 0.218. The van der Waals surface area contributed by atoms with E-state index >= 15 is 0 Å². The Bertz CT molecular complexity index is 1480. The molecule has 3 aromatic carbocycles. The second kappa shape index (κ2) is 13.8. The summed E-state index contributed by atoms with van der Waals surface area (Å²) in [5, 5.41) is 3.41.